The fraction of sp³-hybridized carbons (Fsp3) is 0.200. The molecule has 16 heavy (non-hydrogen) atoms. The van der Waals surface area contributed by atoms with Gasteiger partial charge in [0.25, 0.3) is 0 Å². The largest absolute Gasteiger partial charge is 0.380 e. The minimum Gasteiger partial charge on any atom is -0.380 e. The average Bonchev–Trinajstić information content (AvgIpc) is 2.29. The summed E-state index contributed by atoms with van der Waals surface area (Å²) in [6.07, 6.45) is 0. The van der Waals surface area contributed by atoms with Crippen LogP contribution in [-0.2, 0) is 9.63 Å². The second-order valence-electron chi connectivity index (χ2n) is 3.04. The summed E-state index contributed by atoms with van der Waals surface area (Å²) in [4.78, 5) is 15.0. The van der Waals surface area contributed by atoms with Gasteiger partial charge in [-0.25, -0.2) is 9.18 Å². The van der Waals surface area contributed by atoms with Gasteiger partial charge in [0, 0.05) is 5.56 Å². The highest BCUT2D eigenvalue weighted by molar-refractivity contribution is 6.26. The van der Waals surface area contributed by atoms with E-state index in [1.54, 1.807) is 19.1 Å². The average molecular weight is 245 g/mol. The van der Waals surface area contributed by atoms with Crippen LogP contribution in [0.4, 0.5) is 4.39 Å². The number of alkyl halides is 1. The first-order chi connectivity index (χ1) is 7.54. The van der Waals surface area contributed by atoms with Gasteiger partial charge in [-0.05, 0) is 18.6 Å². The number of carbonyl (C=O) groups is 1. The molecule has 2 N–H and O–H groups in total. The standard InChI is InChI=1S/C10H10ClFN2O2/c1-6-2-3-7(4-8(6)12)10(13)14-16-9(15)5-11/h2-4H,5H2,1H3,(H2,13,14). The Morgan fingerprint density at radius 1 is 1.62 bits per heavy atom. The molecule has 0 atom stereocenters. The number of carbonyl (C=O) groups excluding carboxylic acids is 1. The highest BCUT2D eigenvalue weighted by atomic mass is 35.5. The smallest absolute Gasteiger partial charge is 0.349 e. The van der Waals surface area contributed by atoms with Crippen molar-refractivity contribution in [3.8, 4) is 0 Å². The quantitative estimate of drug-likeness (QED) is 0.288. The zero-order chi connectivity index (χ0) is 12.1. The molecule has 1 aromatic rings. The first-order valence-electron chi connectivity index (χ1n) is 4.40. The Kier molecular flexibility index (Phi) is 4.25. The van der Waals surface area contributed by atoms with Crippen molar-refractivity contribution in [2.24, 2.45) is 10.9 Å². The molecule has 0 aliphatic carbocycles. The lowest BCUT2D eigenvalue weighted by Crippen LogP contribution is -2.15. The van der Waals surface area contributed by atoms with Crippen LogP contribution in [-0.4, -0.2) is 17.7 Å². The number of aryl methyl sites for hydroxylation is 1. The van der Waals surface area contributed by atoms with Gasteiger partial charge in [-0.15, -0.1) is 11.6 Å². The van der Waals surface area contributed by atoms with Crippen molar-refractivity contribution in [1.29, 1.82) is 0 Å². The zero-order valence-corrected chi connectivity index (χ0v) is 9.29. The lowest BCUT2D eigenvalue weighted by atomic mass is 10.1. The topological polar surface area (TPSA) is 64.7 Å². The molecule has 6 heteroatoms. The maximum absolute atomic E-state index is 13.2. The zero-order valence-electron chi connectivity index (χ0n) is 8.54. The molecule has 1 rings (SSSR count). The van der Waals surface area contributed by atoms with Gasteiger partial charge in [0.2, 0.25) is 0 Å². The van der Waals surface area contributed by atoms with Gasteiger partial charge < -0.3 is 10.6 Å². The summed E-state index contributed by atoms with van der Waals surface area (Å²) in [5.41, 5.74) is 6.31. The fourth-order valence-corrected chi connectivity index (χ4v) is 0.978. The van der Waals surface area contributed by atoms with Crippen LogP contribution < -0.4 is 5.73 Å². The predicted molar refractivity (Wildman–Crippen MR) is 58.7 cm³/mol. The minimum absolute atomic E-state index is 0.0858. The van der Waals surface area contributed by atoms with Gasteiger partial charge in [-0.3, -0.25) is 0 Å². The third-order valence-electron chi connectivity index (χ3n) is 1.82. The summed E-state index contributed by atoms with van der Waals surface area (Å²) in [5, 5.41) is 3.33. The van der Waals surface area contributed by atoms with Gasteiger partial charge in [0.1, 0.15) is 11.7 Å². The van der Waals surface area contributed by atoms with Crippen LogP contribution in [0.1, 0.15) is 11.1 Å². The molecule has 0 aromatic heterocycles. The molecule has 0 saturated heterocycles. The Hall–Kier alpha value is -1.62. The van der Waals surface area contributed by atoms with Crippen LogP contribution >= 0.6 is 11.6 Å². The third kappa shape index (κ3) is 3.20. The lowest BCUT2D eigenvalue weighted by molar-refractivity contribution is -0.140. The molecular formula is C10H10ClFN2O2. The summed E-state index contributed by atoms with van der Waals surface area (Å²) in [6, 6.07) is 4.34. The molecule has 1 aromatic carbocycles. The van der Waals surface area contributed by atoms with E-state index in [0.717, 1.165) is 0 Å². The van der Waals surface area contributed by atoms with E-state index in [9.17, 15) is 9.18 Å². The van der Waals surface area contributed by atoms with Crippen molar-refractivity contribution in [2.45, 2.75) is 6.92 Å². The summed E-state index contributed by atoms with van der Waals surface area (Å²) in [7, 11) is 0. The van der Waals surface area contributed by atoms with Crippen LogP contribution in [0.5, 0.6) is 0 Å². The Bertz CT molecular complexity index is 435. The van der Waals surface area contributed by atoms with Crippen LogP contribution in [0.3, 0.4) is 0 Å². The van der Waals surface area contributed by atoms with E-state index in [0.29, 0.717) is 11.1 Å². The second-order valence-corrected chi connectivity index (χ2v) is 3.30. The Balaban J connectivity index is 2.83. The number of halogens is 2. The van der Waals surface area contributed by atoms with E-state index < -0.39 is 11.8 Å². The first kappa shape index (κ1) is 12.4. The molecule has 0 bridgehead atoms. The van der Waals surface area contributed by atoms with Crippen molar-refractivity contribution >= 4 is 23.4 Å². The number of nitrogens with zero attached hydrogens (tertiary/aromatic N) is 1. The number of oxime groups is 1. The molecule has 86 valence electrons. The van der Waals surface area contributed by atoms with Gasteiger partial charge in [0.05, 0.1) is 0 Å². The monoisotopic (exact) mass is 244 g/mol. The van der Waals surface area contributed by atoms with Crippen molar-refractivity contribution in [3.63, 3.8) is 0 Å². The van der Waals surface area contributed by atoms with Crippen molar-refractivity contribution < 1.29 is 14.0 Å². The predicted octanol–water partition coefficient (Wildman–Crippen LogP) is 1.54. The highest BCUT2D eigenvalue weighted by Gasteiger charge is 2.05. The van der Waals surface area contributed by atoms with Crippen molar-refractivity contribution in [1.82, 2.24) is 0 Å². The number of benzene rings is 1. The Morgan fingerprint density at radius 2 is 2.31 bits per heavy atom. The molecule has 0 unspecified atom stereocenters. The maximum Gasteiger partial charge on any atom is 0.349 e. The van der Waals surface area contributed by atoms with Crippen LogP contribution in [0.25, 0.3) is 0 Å². The lowest BCUT2D eigenvalue weighted by Gasteiger charge is -2.02. The molecule has 0 aliphatic heterocycles. The molecule has 0 heterocycles. The number of amidine groups is 1. The first-order valence-corrected chi connectivity index (χ1v) is 4.94. The molecular weight excluding hydrogens is 235 g/mol. The SMILES string of the molecule is Cc1ccc(C(N)=NOC(=O)CCl)cc1F. The van der Waals surface area contributed by atoms with Crippen LogP contribution in [0.2, 0.25) is 0 Å². The van der Waals surface area contributed by atoms with Crippen molar-refractivity contribution in [2.75, 3.05) is 5.88 Å². The van der Waals surface area contributed by atoms with Gasteiger partial charge in [-0.1, -0.05) is 17.3 Å². The van der Waals surface area contributed by atoms with Crippen molar-refractivity contribution in [3.05, 3.63) is 35.1 Å². The van der Waals surface area contributed by atoms with E-state index in [1.165, 1.54) is 6.07 Å². The normalized spacial score (nSPS) is 11.3. The summed E-state index contributed by atoms with van der Waals surface area (Å²) < 4.78 is 13.2. The van der Waals surface area contributed by atoms with E-state index in [-0.39, 0.29) is 11.7 Å². The van der Waals surface area contributed by atoms with Gasteiger partial charge in [0.15, 0.2) is 5.84 Å². The van der Waals surface area contributed by atoms with Crippen LogP contribution in [0.15, 0.2) is 23.4 Å². The van der Waals surface area contributed by atoms with E-state index in [4.69, 9.17) is 17.3 Å². The Labute approximate surface area is 96.8 Å². The van der Waals surface area contributed by atoms with Crippen LogP contribution in [0, 0.1) is 12.7 Å². The molecule has 0 radical (unpaired) electrons. The number of hydrogen-bond acceptors (Lipinski definition) is 3. The van der Waals surface area contributed by atoms with Gasteiger partial charge in [-0.2, -0.15) is 0 Å². The number of nitrogens with two attached hydrogens (primary N) is 1. The molecule has 4 nitrogen and oxygen atoms in total. The second kappa shape index (κ2) is 5.46. The minimum atomic E-state index is -0.725. The van der Waals surface area contributed by atoms with E-state index in [1.807, 2.05) is 0 Å². The number of hydrogen-bond donors (Lipinski definition) is 1. The van der Waals surface area contributed by atoms with Gasteiger partial charge >= 0.3 is 5.97 Å². The fourth-order valence-electron chi connectivity index (χ4n) is 0.929. The number of rotatable bonds is 3. The highest BCUT2D eigenvalue weighted by Crippen LogP contribution is 2.08. The third-order valence-corrected chi connectivity index (χ3v) is 2.04. The molecule has 0 fully saturated rings. The molecule has 0 amide bonds. The summed E-state index contributed by atoms with van der Waals surface area (Å²) in [5.74, 6) is -1.53. The summed E-state index contributed by atoms with van der Waals surface area (Å²) >= 11 is 5.18. The molecule has 0 aliphatic rings. The van der Waals surface area contributed by atoms with E-state index >= 15 is 0 Å². The molecule has 0 spiro atoms. The molecule has 0 saturated carbocycles. The summed E-state index contributed by atoms with van der Waals surface area (Å²) in [6.45, 7) is 1.62. The Morgan fingerprint density at radius 3 is 2.88 bits per heavy atom. The maximum atomic E-state index is 13.2. The van der Waals surface area contributed by atoms with E-state index in [2.05, 4.69) is 9.99 Å².